The van der Waals surface area contributed by atoms with Gasteiger partial charge in [0.25, 0.3) is 5.91 Å². The first-order valence-corrected chi connectivity index (χ1v) is 4.84. The molecule has 1 amide bonds. The maximum absolute atomic E-state index is 11.9. The van der Waals surface area contributed by atoms with Gasteiger partial charge in [0.15, 0.2) is 5.92 Å². The monoisotopic (exact) mass is 217 g/mol. The fourth-order valence-corrected chi connectivity index (χ4v) is 1.61. The summed E-state index contributed by atoms with van der Waals surface area (Å²) in [7, 11) is 0. The summed E-state index contributed by atoms with van der Waals surface area (Å²) in [4.78, 5) is 23.1. The van der Waals surface area contributed by atoms with Gasteiger partial charge in [-0.1, -0.05) is 18.2 Å². The molecule has 1 aromatic carbocycles. The van der Waals surface area contributed by atoms with Crippen LogP contribution in [-0.2, 0) is 9.59 Å². The van der Waals surface area contributed by atoms with Crippen molar-refractivity contribution in [1.29, 1.82) is 0 Å². The number of amidine groups is 1. The van der Waals surface area contributed by atoms with Crippen LogP contribution in [0.1, 0.15) is 6.92 Å². The Kier molecular flexibility index (Phi) is 2.44. The Balaban J connectivity index is 2.35. The molecule has 0 fully saturated rings. The van der Waals surface area contributed by atoms with Crippen LogP contribution in [0, 0.1) is 5.92 Å². The molecule has 0 saturated carbocycles. The van der Waals surface area contributed by atoms with Crippen molar-refractivity contribution < 1.29 is 9.59 Å². The molecule has 0 bridgehead atoms. The summed E-state index contributed by atoms with van der Waals surface area (Å²) < 4.78 is 0. The molecule has 1 aliphatic heterocycles. The number of nitrogens with two attached hydrogens (primary N) is 1. The first kappa shape index (κ1) is 10.4. The highest BCUT2D eigenvalue weighted by Gasteiger charge is 2.38. The molecule has 0 spiro atoms. The number of benzene rings is 1. The van der Waals surface area contributed by atoms with Gasteiger partial charge in [0.2, 0.25) is 0 Å². The lowest BCUT2D eigenvalue weighted by Gasteiger charge is -2.12. The van der Waals surface area contributed by atoms with Gasteiger partial charge in [0.1, 0.15) is 11.6 Å². The fraction of sp³-hybridized carbons (Fsp3) is 0.182. The van der Waals surface area contributed by atoms with E-state index in [4.69, 9.17) is 5.73 Å². The van der Waals surface area contributed by atoms with Gasteiger partial charge in [0.05, 0.1) is 5.69 Å². The van der Waals surface area contributed by atoms with Crippen LogP contribution in [0.5, 0.6) is 0 Å². The zero-order chi connectivity index (χ0) is 11.7. The molecule has 2 N–H and O–H groups in total. The van der Waals surface area contributed by atoms with Crippen LogP contribution in [0.25, 0.3) is 0 Å². The summed E-state index contributed by atoms with van der Waals surface area (Å²) in [6.45, 7) is 1.33. The number of anilines is 1. The van der Waals surface area contributed by atoms with Gasteiger partial charge >= 0.3 is 0 Å². The zero-order valence-corrected chi connectivity index (χ0v) is 8.75. The molecular weight excluding hydrogens is 206 g/mol. The molecular formula is C11H11N3O2. The predicted octanol–water partition coefficient (Wildman–Crippen LogP) is 0.511. The first-order valence-electron chi connectivity index (χ1n) is 4.84. The first-order chi connectivity index (χ1) is 7.61. The van der Waals surface area contributed by atoms with E-state index in [-0.39, 0.29) is 11.6 Å². The Labute approximate surface area is 92.5 Å². The molecule has 82 valence electrons. The number of Topliss-reactive ketones (excluding diaryl/α,β-unsaturated/α-hetero) is 1. The Hall–Kier alpha value is -2.17. The molecule has 5 heteroatoms. The minimum absolute atomic E-state index is 0.0568. The normalized spacial score (nSPS) is 19.8. The number of ketones is 1. The summed E-state index contributed by atoms with van der Waals surface area (Å²) in [5.74, 6) is -1.55. The molecule has 16 heavy (non-hydrogen) atoms. The average molecular weight is 217 g/mol. The maximum atomic E-state index is 11.9. The summed E-state index contributed by atoms with van der Waals surface area (Å²) in [5.41, 5.74) is 6.18. The lowest BCUT2D eigenvalue weighted by Crippen LogP contribution is -2.34. The van der Waals surface area contributed by atoms with Crippen molar-refractivity contribution >= 4 is 23.2 Å². The molecule has 1 heterocycles. The number of hydrazone groups is 1. The highest BCUT2D eigenvalue weighted by atomic mass is 16.2. The van der Waals surface area contributed by atoms with Gasteiger partial charge in [-0.2, -0.15) is 10.1 Å². The number of carbonyl (C=O) groups is 2. The van der Waals surface area contributed by atoms with E-state index in [0.717, 1.165) is 0 Å². The average Bonchev–Trinajstić information content (AvgIpc) is 2.55. The van der Waals surface area contributed by atoms with Crippen molar-refractivity contribution in [2.24, 2.45) is 16.8 Å². The predicted molar refractivity (Wildman–Crippen MR) is 59.7 cm³/mol. The highest BCUT2D eigenvalue weighted by Crippen LogP contribution is 2.22. The van der Waals surface area contributed by atoms with Crippen molar-refractivity contribution in [2.75, 3.05) is 5.01 Å². The van der Waals surface area contributed by atoms with Gasteiger partial charge in [-0.25, -0.2) is 0 Å². The number of nitrogens with zero attached hydrogens (tertiary/aromatic N) is 2. The van der Waals surface area contributed by atoms with E-state index in [2.05, 4.69) is 5.10 Å². The van der Waals surface area contributed by atoms with Crippen molar-refractivity contribution in [3.63, 3.8) is 0 Å². The van der Waals surface area contributed by atoms with E-state index in [1.807, 2.05) is 6.07 Å². The summed E-state index contributed by atoms with van der Waals surface area (Å²) >= 11 is 0. The summed E-state index contributed by atoms with van der Waals surface area (Å²) in [6, 6.07) is 8.87. The van der Waals surface area contributed by atoms with Crippen LogP contribution < -0.4 is 10.7 Å². The largest absolute Gasteiger partial charge is 0.385 e. The third kappa shape index (κ3) is 1.56. The Bertz CT molecular complexity index is 467. The van der Waals surface area contributed by atoms with E-state index in [1.54, 1.807) is 24.3 Å². The van der Waals surface area contributed by atoms with Crippen LogP contribution in [0.15, 0.2) is 35.4 Å². The van der Waals surface area contributed by atoms with E-state index in [1.165, 1.54) is 11.9 Å². The van der Waals surface area contributed by atoms with Gasteiger partial charge in [-0.15, -0.1) is 0 Å². The number of para-hydroxylation sites is 1. The zero-order valence-electron chi connectivity index (χ0n) is 8.75. The molecule has 0 aliphatic carbocycles. The van der Waals surface area contributed by atoms with Crippen LogP contribution in [-0.4, -0.2) is 17.5 Å². The van der Waals surface area contributed by atoms with Gasteiger partial charge in [-0.3, -0.25) is 9.59 Å². The van der Waals surface area contributed by atoms with Gasteiger partial charge < -0.3 is 5.73 Å². The van der Waals surface area contributed by atoms with Crippen molar-refractivity contribution in [3.05, 3.63) is 30.3 Å². The lowest BCUT2D eigenvalue weighted by molar-refractivity contribution is -0.127. The molecule has 0 radical (unpaired) electrons. The van der Waals surface area contributed by atoms with Gasteiger partial charge in [-0.05, 0) is 19.1 Å². The second-order valence-electron chi connectivity index (χ2n) is 3.55. The minimum atomic E-state index is -0.930. The van der Waals surface area contributed by atoms with Crippen LogP contribution in [0.3, 0.4) is 0 Å². The number of amides is 1. The molecule has 1 aromatic rings. The Morgan fingerprint density at radius 2 is 2.00 bits per heavy atom. The third-order valence-corrected chi connectivity index (χ3v) is 2.37. The van der Waals surface area contributed by atoms with E-state index < -0.39 is 11.8 Å². The summed E-state index contributed by atoms with van der Waals surface area (Å²) in [6.07, 6.45) is 0. The summed E-state index contributed by atoms with van der Waals surface area (Å²) in [5, 5.41) is 5.07. The second kappa shape index (κ2) is 3.77. The maximum Gasteiger partial charge on any atom is 0.265 e. The second-order valence-corrected chi connectivity index (χ2v) is 3.55. The lowest BCUT2D eigenvalue weighted by atomic mass is 10.0. The molecule has 0 saturated heterocycles. The molecule has 5 nitrogen and oxygen atoms in total. The smallest absolute Gasteiger partial charge is 0.265 e. The van der Waals surface area contributed by atoms with Crippen LogP contribution in [0.2, 0.25) is 0 Å². The SMILES string of the molecule is CC(=O)C1C(=O)N(c2ccccc2)N=C1N. The number of carbonyl (C=O) groups excluding carboxylic acids is 2. The number of rotatable bonds is 2. The highest BCUT2D eigenvalue weighted by molar-refractivity contribution is 6.26. The van der Waals surface area contributed by atoms with E-state index >= 15 is 0 Å². The van der Waals surface area contributed by atoms with Crippen molar-refractivity contribution in [2.45, 2.75) is 6.92 Å². The molecule has 1 atom stereocenters. The van der Waals surface area contributed by atoms with Crippen LogP contribution in [0.4, 0.5) is 5.69 Å². The fourth-order valence-electron chi connectivity index (χ4n) is 1.61. The molecule has 0 aromatic heterocycles. The third-order valence-electron chi connectivity index (χ3n) is 2.37. The van der Waals surface area contributed by atoms with E-state index in [0.29, 0.717) is 5.69 Å². The quantitative estimate of drug-likeness (QED) is 0.733. The van der Waals surface area contributed by atoms with Crippen molar-refractivity contribution in [1.82, 2.24) is 0 Å². The van der Waals surface area contributed by atoms with Crippen molar-refractivity contribution in [3.8, 4) is 0 Å². The number of hydrogen-bond donors (Lipinski definition) is 1. The van der Waals surface area contributed by atoms with Crippen LogP contribution >= 0.6 is 0 Å². The minimum Gasteiger partial charge on any atom is -0.385 e. The Morgan fingerprint density at radius 1 is 1.38 bits per heavy atom. The number of hydrogen-bond acceptors (Lipinski definition) is 4. The topological polar surface area (TPSA) is 75.8 Å². The molecule has 1 aliphatic rings. The molecule has 1 unspecified atom stereocenters. The Morgan fingerprint density at radius 3 is 2.50 bits per heavy atom. The standard InChI is InChI=1S/C11H11N3O2/c1-7(15)9-10(12)13-14(11(9)16)8-5-3-2-4-6-8/h2-6,9H,1H3,(H2,12,13). The van der Waals surface area contributed by atoms with E-state index in [9.17, 15) is 9.59 Å². The van der Waals surface area contributed by atoms with Gasteiger partial charge in [0, 0.05) is 0 Å². The molecule has 2 rings (SSSR count).